The van der Waals surface area contributed by atoms with E-state index in [2.05, 4.69) is 20.4 Å². The third kappa shape index (κ3) is 6.40. The van der Waals surface area contributed by atoms with Crippen molar-refractivity contribution in [2.24, 2.45) is 0 Å². The van der Waals surface area contributed by atoms with Gasteiger partial charge in [-0.3, -0.25) is 0 Å². The number of amides is 2. The van der Waals surface area contributed by atoms with Crippen molar-refractivity contribution in [1.82, 2.24) is 25.3 Å². The molecule has 1 N–H and O–H groups in total. The van der Waals surface area contributed by atoms with Crippen LogP contribution in [-0.2, 0) is 11.2 Å². The fourth-order valence-electron chi connectivity index (χ4n) is 2.46. The normalized spacial score (nSPS) is 17.7. The Bertz CT molecular complexity index is 488. The number of carbonyl (C=O) groups is 1. The average molecular weight is 341 g/mol. The molecule has 23 heavy (non-hydrogen) atoms. The lowest BCUT2D eigenvalue weighted by molar-refractivity contribution is 0.0796. The van der Waals surface area contributed by atoms with Gasteiger partial charge in [0.05, 0.1) is 6.10 Å². The van der Waals surface area contributed by atoms with Crippen LogP contribution in [0.3, 0.4) is 0 Å². The van der Waals surface area contributed by atoms with Gasteiger partial charge in [-0.2, -0.15) is 0 Å². The molecule has 2 heterocycles. The Labute approximate surface area is 142 Å². The number of hydrogen-bond donors (Lipinski definition) is 1. The number of aryl methyl sites for hydroxylation is 1. The number of likely N-dealkylation sites (N-methyl/N-ethyl adjacent to an activating group) is 1. The Hall–Kier alpha value is -1.25. The minimum absolute atomic E-state index is 0.0245. The lowest BCUT2D eigenvalue weighted by Crippen LogP contribution is -2.46. The minimum Gasteiger partial charge on any atom is -0.376 e. The first-order valence-corrected chi connectivity index (χ1v) is 8.94. The summed E-state index contributed by atoms with van der Waals surface area (Å²) in [6, 6.07) is -0.0245. The molecular weight excluding hydrogens is 314 g/mol. The lowest BCUT2D eigenvalue weighted by atomic mass is 10.2. The van der Waals surface area contributed by atoms with Gasteiger partial charge in [-0.15, -0.1) is 21.5 Å². The summed E-state index contributed by atoms with van der Waals surface area (Å²) < 4.78 is 5.67. The fraction of sp³-hybridized carbons (Fsp3) is 0.800. The molecule has 0 aliphatic carbocycles. The molecule has 7 nitrogen and oxygen atoms in total. The maximum atomic E-state index is 12.4. The smallest absolute Gasteiger partial charge is 0.317 e. The van der Waals surface area contributed by atoms with E-state index < -0.39 is 0 Å². The van der Waals surface area contributed by atoms with E-state index in [-0.39, 0.29) is 12.1 Å². The number of hydrogen-bond acceptors (Lipinski definition) is 6. The Morgan fingerprint density at radius 2 is 2.22 bits per heavy atom. The molecule has 0 aromatic carbocycles. The summed E-state index contributed by atoms with van der Waals surface area (Å²) in [6.07, 6.45) is 3.02. The minimum atomic E-state index is -0.0245. The Balaban J connectivity index is 1.79. The maximum Gasteiger partial charge on any atom is 0.317 e. The first-order chi connectivity index (χ1) is 11.0. The van der Waals surface area contributed by atoms with Crippen molar-refractivity contribution in [2.75, 3.05) is 46.9 Å². The number of aromatic nitrogens is 2. The Morgan fingerprint density at radius 1 is 1.39 bits per heavy atom. The highest BCUT2D eigenvalue weighted by Crippen LogP contribution is 2.13. The number of ether oxygens (including phenoxy) is 1. The quantitative estimate of drug-likeness (QED) is 0.768. The molecule has 1 saturated heterocycles. The van der Waals surface area contributed by atoms with Gasteiger partial charge >= 0.3 is 6.03 Å². The summed E-state index contributed by atoms with van der Waals surface area (Å²) in [4.78, 5) is 16.4. The summed E-state index contributed by atoms with van der Waals surface area (Å²) in [5, 5.41) is 13.0. The lowest BCUT2D eigenvalue weighted by Gasteiger charge is -2.27. The maximum absolute atomic E-state index is 12.4. The molecule has 130 valence electrons. The molecule has 2 rings (SSSR count). The molecule has 2 amide bonds. The van der Waals surface area contributed by atoms with Crippen LogP contribution in [0.4, 0.5) is 4.79 Å². The monoisotopic (exact) mass is 341 g/mol. The predicted octanol–water partition coefficient (Wildman–Crippen LogP) is 1.14. The first-order valence-electron chi connectivity index (χ1n) is 8.12. The first kappa shape index (κ1) is 18.1. The standard InChI is InChI=1S/C15H27N5O2S/c1-12-17-18-14(23-12)6-7-16-15(21)20(9-8-19(2)3)11-13-5-4-10-22-13/h13H,4-11H2,1-3H3,(H,16,21)/t13-/m0/s1. The number of carbonyl (C=O) groups excluding carboxylic acids is 1. The average Bonchev–Trinajstić information content (AvgIpc) is 3.15. The number of nitrogens with zero attached hydrogens (tertiary/aromatic N) is 4. The van der Waals surface area contributed by atoms with E-state index >= 15 is 0 Å². The van der Waals surface area contributed by atoms with Gasteiger partial charge in [0.25, 0.3) is 0 Å². The van der Waals surface area contributed by atoms with E-state index in [1.807, 2.05) is 25.9 Å². The van der Waals surface area contributed by atoms with E-state index in [0.29, 0.717) is 19.6 Å². The number of rotatable bonds is 8. The third-order valence-corrected chi connectivity index (χ3v) is 4.63. The van der Waals surface area contributed by atoms with Crippen molar-refractivity contribution in [3.8, 4) is 0 Å². The van der Waals surface area contributed by atoms with Crippen molar-refractivity contribution in [2.45, 2.75) is 32.3 Å². The van der Waals surface area contributed by atoms with Crippen LogP contribution in [0.15, 0.2) is 0 Å². The second-order valence-electron chi connectivity index (χ2n) is 6.08. The van der Waals surface area contributed by atoms with Gasteiger partial charge in [0.15, 0.2) is 0 Å². The predicted molar refractivity (Wildman–Crippen MR) is 90.8 cm³/mol. The van der Waals surface area contributed by atoms with Gasteiger partial charge in [0.2, 0.25) is 0 Å². The van der Waals surface area contributed by atoms with E-state index in [0.717, 1.165) is 42.4 Å². The van der Waals surface area contributed by atoms with Gasteiger partial charge < -0.3 is 19.9 Å². The topological polar surface area (TPSA) is 70.6 Å². The Kier molecular flexibility index (Phi) is 7.19. The van der Waals surface area contributed by atoms with E-state index in [1.165, 1.54) is 0 Å². The van der Waals surface area contributed by atoms with Crippen molar-refractivity contribution < 1.29 is 9.53 Å². The van der Waals surface area contributed by atoms with Crippen LogP contribution in [0, 0.1) is 6.92 Å². The number of urea groups is 1. The molecule has 1 aliphatic heterocycles. The molecule has 1 aromatic rings. The second kappa shape index (κ2) is 9.14. The van der Waals surface area contributed by atoms with Crippen LogP contribution in [0.5, 0.6) is 0 Å². The number of nitrogens with one attached hydrogen (secondary N) is 1. The zero-order chi connectivity index (χ0) is 16.7. The molecule has 1 atom stereocenters. The van der Waals surface area contributed by atoms with Gasteiger partial charge in [-0.1, -0.05) is 0 Å². The molecule has 1 aliphatic rings. The van der Waals surface area contributed by atoms with Crippen molar-refractivity contribution in [3.63, 3.8) is 0 Å². The zero-order valence-corrected chi connectivity index (χ0v) is 15.1. The molecule has 1 fully saturated rings. The third-order valence-electron chi connectivity index (χ3n) is 3.74. The Morgan fingerprint density at radius 3 is 2.83 bits per heavy atom. The summed E-state index contributed by atoms with van der Waals surface area (Å²) in [5.74, 6) is 0. The van der Waals surface area contributed by atoms with Crippen LogP contribution in [0.25, 0.3) is 0 Å². The largest absolute Gasteiger partial charge is 0.376 e. The van der Waals surface area contributed by atoms with Crippen molar-refractivity contribution in [3.05, 3.63) is 10.0 Å². The highest BCUT2D eigenvalue weighted by molar-refractivity contribution is 7.11. The summed E-state index contributed by atoms with van der Waals surface area (Å²) in [7, 11) is 4.03. The molecule has 1 aromatic heterocycles. The molecule has 8 heteroatoms. The van der Waals surface area contributed by atoms with Crippen LogP contribution in [0.1, 0.15) is 22.9 Å². The summed E-state index contributed by atoms with van der Waals surface area (Å²) >= 11 is 1.57. The van der Waals surface area contributed by atoms with E-state index in [4.69, 9.17) is 4.74 Å². The molecular formula is C15H27N5O2S. The molecule has 0 radical (unpaired) electrons. The molecule has 0 bridgehead atoms. The fourth-order valence-corrected chi connectivity index (χ4v) is 3.17. The van der Waals surface area contributed by atoms with Gasteiger partial charge in [0.1, 0.15) is 10.0 Å². The zero-order valence-electron chi connectivity index (χ0n) is 14.2. The molecule has 0 unspecified atom stereocenters. The van der Waals surface area contributed by atoms with Gasteiger partial charge in [0, 0.05) is 39.2 Å². The summed E-state index contributed by atoms with van der Waals surface area (Å²) in [5.41, 5.74) is 0. The van der Waals surface area contributed by atoms with Crippen LogP contribution < -0.4 is 5.32 Å². The highest BCUT2D eigenvalue weighted by atomic mass is 32.1. The van der Waals surface area contributed by atoms with Crippen LogP contribution >= 0.6 is 11.3 Å². The van der Waals surface area contributed by atoms with Crippen molar-refractivity contribution in [1.29, 1.82) is 0 Å². The van der Waals surface area contributed by atoms with Gasteiger partial charge in [-0.05, 0) is 33.9 Å². The van der Waals surface area contributed by atoms with Crippen LogP contribution in [-0.4, -0.2) is 79.0 Å². The summed E-state index contributed by atoms with van der Waals surface area (Å²) in [6.45, 7) is 5.54. The van der Waals surface area contributed by atoms with Gasteiger partial charge in [-0.25, -0.2) is 4.79 Å². The molecule has 0 saturated carbocycles. The van der Waals surface area contributed by atoms with Crippen LogP contribution in [0.2, 0.25) is 0 Å². The molecule has 0 spiro atoms. The highest BCUT2D eigenvalue weighted by Gasteiger charge is 2.22. The SMILES string of the molecule is Cc1nnc(CCNC(=O)N(CCN(C)C)C[C@@H]2CCCO2)s1. The van der Waals surface area contributed by atoms with Crippen molar-refractivity contribution >= 4 is 17.4 Å². The van der Waals surface area contributed by atoms with E-state index in [1.54, 1.807) is 11.3 Å². The second-order valence-corrected chi connectivity index (χ2v) is 7.35. The van der Waals surface area contributed by atoms with E-state index in [9.17, 15) is 4.79 Å².